The Morgan fingerprint density at radius 1 is 1.46 bits per heavy atom. The number of aryl methyl sites for hydroxylation is 1. The highest BCUT2D eigenvalue weighted by molar-refractivity contribution is 14.1. The van der Waals surface area contributed by atoms with Crippen molar-refractivity contribution in [1.29, 1.82) is 0 Å². The van der Waals surface area contributed by atoms with E-state index in [4.69, 9.17) is 10.7 Å². The minimum Gasteiger partial charge on any atom is -0.207 e. The van der Waals surface area contributed by atoms with Gasteiger partial charge in [-0.05, 0) is 63.1 Å². The first kappa shape index (κ1) is 11.7. The standard InChI is InChI=1S/C7H5BrClIO2S/c1-4-2-5(10)3-6(8)7(4)13(9,11)12/h2-3H,1H3. The highest BCUT2D eigenvalue weighted by atomic mass is 127. The average Bonchev–Trinajstić information content (AvgIpc) is 1.78. The van der Waals surface area contributed by atoms with E-state index in [1.54, 1.807) is 19.1 Å². The molecule has 1 rings (SSSR count). The average molecular weight is 395 g/mol. The lowest BCUT2D eigenvalue weighted by atomic mass is 10.2. The van der Waals surface area contributed by atoms with Crippen molar-refractivity contribution < 1.29 is 8.42 Å². The van der Waals surface area contributed by atoms with Crippen LogP contribution >= 0.6 is 49.2 Å². The maximum Gasteiger partial charge on any atom is 0.262 e. The molecule has 72 valence electrons. The fourth-order valence-electron chi connectivity index (χ4n) is 0.998. The van der Waals surface area contributed by atoms with Gasteiger partial charge in [-0.15, -0.1) is 0 Å². The van der Waals surface area contributed by atoms with Crippen LogP contribution < -0.4 is 0 Å². The maximum atomic E-state index is 11.1. The third-order valence-electron chi connectivity index (χ3n) is 1.44. The molecule has 0 saturated carbocycles. The fraction of sp³-hybridized carbons (Fsp3) is 0.143. The Labute approximate surface area is 103 Å². The van der Waals surface area contributed by atoms with Gasteiger partial charge >= 0.3 is 0 Å². The molecular formula is C7H5BrClIO2S. The summed E-state index contributed by atoms with van der Waals surface area (Å²) in [6.07, 6.45) is 0. The minimum atomic E-state index is -3.66. The Kier molecular flexibility index (Phi) is 3.65. The molecule has 2 nitrogen and oxygen atoms in total. The Morgan fingerprint density at radius 3 is 2.38 bits per heavy atom. The number of benzene rings is 1. The van der Waals surface area contributed by atoms with E-state index in [1.165, 1.54) is 0 Å². The van der Waals surface area contributed by atoms with Crippen molar-refractivity contribution in [3.63, 3.8) is 0 Å². The van der Waals surface area contributed by atoms with Crippen LogP contribution in [0.15, 0.2) is 21.5 Å². The van der Waals surface area contributed by atoms with Gasteiger partial charge in [0.1, 0.15) is 0 Å². The monoisotopic (exact) mass is 394 g/mol. The molecule has 13 heavy (non-hydrogen) atoms. The molecule has 6 heteroatoms. The predicted molar refractivity (Wildman–Crippen MR) is 64.6 cm³/mol. The van der Waals surface area contributed by atoms with Gasteiger partial charge in [0.15, 0.2) is 0 Å². The van der Waals surface area contributed by atoms with Gasteiger partial charge in [-0.25, -0.2) is 8.42 Å². The first-order chi connectivity index (χ1) is 5.82. The van der Waals surface area contributed by atoms with E-state index in [2.05, 4.69) is 38.5 Å². The first-order valence-corrected chi connectivity index (χ1v) is 7.41. The van der Waals surface area contributed by atoms with Crippen molar-refractivity contribution in [2.24, 2.45) is 0 Å². The predicted octanol–water partition coefficient (Wildman–Crippen LogP) is 3.29. The molecule has 1 aromatic carbocycles. The molecule has 0 aliphatic heterocycles. The lowest BCUT2D eigenvalue weighted by molar-refractivity contribution is 0.608. The van der Waals surface area contributed by atoms with Crippen LogP contribution in [0.2, 0.25) is 0 Å². The smallest absolute Gasteiger partial charge is 0.207 e. The van der Waals surface area contributed by atoms with Crippen LogP contribution in [0.5, 0.6) is 0 Å². The van der Waals surface area contributed by atoms with Crippen LogP contribution in [0.1, 0.15) is 5.56 Å². The fourth-order valence-corrected chi connectivity index (χ4v) is 5.03. The van der Waals surface area contributed by atoms with E-state index in [-0.39, 0.29) is 4.90 Å². The van der Waals surface area contributed by atoms with Crippen molar-refractivity contribution in [2.75, 3.05) is 0 Å². The molecular weight excluding hydrogens is 390 g/mol. The highest BCUT2D eigenvalue weighted by Crippen LogP contribution is 2.30. The van der Waals surface area contributed by atoms with Crippen LogP contribution in [0.3, 0.4) is 0 Å². The second-order valence-corrected chi connectivity index (χ2v) is 7.07. The first-order valence-electron chi connectivity index (χ1n) is 3.22. The van der Waals surface area contributed by atoms with E-state index in [1.807, 2.05) is 0 Å². The molecule has 0 bridgehead atoms. The van der Waals surface area contributed by atoms with Crippen LogP contribution in [-0.2, 0) is 9.05 Å². The molecule has 0 N–H and O–H groups in total. The summed E-state index contributed by atoms with van der Waals surface area (Å²) in [5.41, 5.74) is 0.647. The molecule has 0 radical (unpaired) electrons. The summed E-state index contributed by atoms with van der Waals surface area (Å²) in [5.74, 6) is 0. The second-order valence-electron chi connectivity index (χ2n) is 2.47. The summed E-state index contributed by atoms with van der Waals surface area (Å²) in [6.45, 7) is 1.71. The SMILES string of the molecule is Cc1cc(I)cc(Br)c1S(=O)(=O)Cl. The van der Waals surface area contributed by atoms with Gasteiger partial charge in [-0.3, -0.25) is 0 Å². The third kappa shape index (κ3) is 2.81. The number of hydrogen-bond donors (Lipinski definition) is 0. The van der Waals surface area contributed by atoms with Gasteiger partial charge < -0.3 is 0 Å². The summed E-state index contributed by atoms with van der Waals surface area (Å²) >= 11 is 5.27. The zero-order valence-corrected chi connectivity index (χ0v) is 11.8. The van der Waals surface area contributed by atoms with Crippen molar-refractivity contribution in [3.8, 4) is 0 Å². The van der Waals surface area contributed by atoms with E-state index < -0.39 is 9.05 Å². The van der Waals surface area contributed by atoms with E-state index in [0.717, 1.165) is 3.57 Å². The molecule has 0 saturated heterocycles. The molecule has 0 amide bonds. The summed E-state index contributed by atoms with van der Waals surface area (Å²) in [7, 11) is 1.60. The molecule has 0 unspecified atom stereocenters. The van der Waals surface area contributed by atoms with Crippen molar-refractivity contribution in [2.45, 2.75) is 11.8 Å². The molecule has 0 spiro atoms. The Morgan fingerprint density at radius 2 is 2.00 bits per heavy atom. The summed E-state index contributed by atoms with van der Waals surface area (Å²) in [5, 5.41) is 0. The molecule has 0 fully saturated rings. The van der Waals surface area contributed by atoms with Gasteiger partial charge in [-0.2, -0.15) is 0 Å². The molecule has 0 atom stereocenters. The molecule has 1 aromatic rings. The molecule has 0 heterocycles. The van der Waals surface area contributed by atoms with Crippen LogP contribution in [0.25, 0.3) is 0 Å². The molecule has 0 aliphatic carbocycles. The second kappa shape index (κ2) is 4.04. The van der Waals surface area contributed by atoms with Crippen LogP contribution in [0, 0.1) is 10.5 Å². The van der Waals surface area contributed by atoms with Gasteiger partial charge in [0, 0.05) is 18.7 Å². The van der Waals surface area contributed by atoms with Crippen molar-refractivity contribution in [1.82, 2.24) is 0 Å². The zero-order valence-electron chi connectivity index (χ0n) is 6.51. The van der Waals surface area contributed by atoms with E-state index >= 15 is 0 Å². The van der Waals surface area contributed by atoms with Gasteiger partial charge in [-0.1, -0.05) is 0 Å². The minimum absolute atomic E-state index is 0.148. The topological polar surface area (TPSA) is 34.1 Å². The number of rotatable bonds is 1. The van der Waals surface area contributed by atoms with Gasteiger partial charge in [0.2, 0.25) is 0 Å². The van der Waals surface area contributed by atoms with Crippen molar-refractivity contribution in [3.05, 3.63) is 25.7 Å². The Balaban J connectivity index is 3.57. The number of halogens is 3. The number of hydrogen-bond acceptors (Lipinski definition) is 2. The largest absolute Gasteiger partial charge is 0.262 e. The Bertz CT molecular complexity index is 421. The maximum absolute atomic E-state index is 11.1. The Hall–Kier alpha value is 0.670. The van der Waals surface area contributed by atoms with E-state index in [9.17, 15) is 8.42 Å². The molecule has 0 aliphatic rings. The zero-order chi connectivity index (χ0) is 10.2. The van der Waals surface area contributed by atoms with Crippen molar-refractivity contribution >= 4 is 58.3 Å². The lowest BCUT2D eigenvalue weighted by Gasteiger charge is -2.05. The van der Waals surface area contributed by atoms with E-state index in [0.29, 0.717) is 10.0 Å². The molecule has 0 aromatic heterocycles. The van der Waals surface area contributed by atoms with Crippen LogP contribution in [-0.4, -0.2) is 8.42 Å². The van der Waals surface area contributed by atoms with Gasteiger partial charge in [0.05, 0.1) is 4.90 Å². The highest BCUT2D eigenvalue weighted by Gasteiger charge is 2.17. The summed E-state index contributed by atoms with van der Waals surface area (Å²) in [6, 6.07) is 3.48. The normalized spacial score (nSPS) is 11.7. The summed E-state index contributed by atoms with van der Waals surface area (Å²) < 4.78 is 23.7. The quantitative estimate of drug-likeness (QED) is 0.540. The third-order valence-corrected chi connectivity index (χ3v) is 4.44. The van der Waals surface area contributed by atoms with Crippen LogP contribution in [0.4, 0.5) is 0 Å². The van der Waals surface area contributed by atoms with Gasteiger partial charge in [0.25, 0.3) is 9.05 Å². The summed E-state index contributed by atoms with van der Waals surface area (Å²) in [4.78, 5) is 0.148. The lowest BCUT2D eigenvalue weighted by Crippen LogP contribution is -1.96.